The summed E-state index contributed by atoms with van der Waals surface area (Å²) in [6.07, 6.45) is 0.925. The molecule has 1 unspecified atom stereocenters. The van der Waals surface area contributed by atoms with E-state index in [2.05, 4.69) is 5.32 Å². The largest absolute Gasteiger partial charge is 0.361 e. The molecular formula is C23H25F2N3O3. The van der Waals surface area contributed by atoms with Crippen LogP contribution < -0.4 is 5.32 Å². The fraction of sp³-hybridized carbons (Fsp3) is 0.435. The zero-order chi connectivity index (χ0) is 21.6. The van der Waals surface area contributed by atoms with Crippen LogP contribution in [0.4, 0.5) is 14.5 Å². The van der Waals surface area contributed by atoms with Gasteiger partial charge in [0.25, 0.3) is 5.91 Å². The van der Waals surface area contributed by atoms with Crippen LogP contribution in [0.15, 0.2) is 48.5 Å². The highest BCUT2D eigenvalue weighted by molar-refractivity contribution is 5.88. The van der Waals surface area contributed by atoms with Crippen molar-refractivity contribution in [2.75, 3.05) is 18.4 Å². The summed E-state index contributed by atoms with van der Waals surface area (Å²) < 4.78 is 33.7. The Morgan fingerprint density at radius 3 is 2.42 bits per heavy atom. The van der Waals surface area contributed by atoms with Crippen molar-refractivity contribution in [2.24, 2.45) is 0 Å². The molecule has 3 saturated heterocycles. The number of carbonyl (C=O) groups is 1. The van der Waals surface area contributed by atoms with Crippen LogP contribution in [0, 0.1) is 11.6 Å². The van der Waals surface area contributed by atoms with Gasteiger partial charge in [-0.1, -0.05) is 18.2 Å². The summed E-state index contributed by atoms with van der Waals surface area (Å²) in [5.41, 5.74) is 0.348. The van der Waals surface area contributed by atoms with E-state index >= 15 is 0 Å². The fourth-order valence-electron chi connectivity index (χ4n) is 5.04. The third-order valence-corrected chi connectivity index (χ3v) is 6.61. The van der Waals surface area contributed by atoms with Gasteiger partial charge in [-0.15, -0.1) is 0 Å². The van der Waals surface area contributed by atoms with Crippen molar-refractivity contribution in [1.29, 1.82) is 0 Å². The van der Waals surface area contributed by atoms with E-state index in [1.165, 1.54) is 12.1 Å². The fourth-order valence-corrected chi connectivity index (χ4v) is 5.04. The maximum Gasteiger partial charge on any atom is 0.257 e. The first-order valence-corrected chi connectivity index (χ1v) is 10.7. The number of rotatable bonds is 4. The Morgan fingerprint density at radius 2 is 1.74 bits per heavy atom. The molecule has 3 fully saturated rings. The lowest BCUT2D eigenvalue weighted by Gasteiger charge is -2.39. The number of carbonyl (C=O) groups excluding carboxylic acids is 1. The Labute approximate surface area is 179 Å². The summed E-state index contributed by atoms with van der Waals surface area (Å²) >= 11 is 0. The molecule has 6 nitrogen and oxygen atoms in total. The second-order valence-corrected chi connectivity index (χ2v) is 8.50. The predicted molar refractivity (Wildman–Crippen MR) is 110 cm³/mol. The topological polar surface area (TPSA) is 65.0 Å². The Balaban J connectivity index is 1.27. The molecule has 0 aromatic heterocycles. The Bertz CT molecular complexity index is 946. The number of piperidine rings is 1. The molecule has 3 aliphatic rings. The highest BCUT2D eigenvalue weighted by Crippen LogP contribution is 2.47. The number of amides is 1. The molecule has 1 spiro atoms. The maximum atomic E-state index is 13.7. The van der Waals surface area contributed by atoms with Crippen LogP contribution in [0.2, 0.25) is 0 Å². The Morgan fingerprint density at radius 1 is 1.06 bits per heavy atom. The van der Waals surface area contributed by atoms with Crippen LogP contribution in [0.5, 0.6) is 0 Å². The number of hydrogen-bond donors (Lipinski definition) is 2. The van der Waals surface area contributed by atoms with Gasteiger partial charge >= 0.3 is 0 Å². The molecule has 8 heteroatoms. The second-order valence-electron chi connectivity index (χ2n) is 8.50. The lowest BCUT2D eigenvalue weighted by atomic mass is 9.89. The summed E-state index contributed by atoms with van der Waals surface area (Å²) in [4.78, 5) is 16.9. The number of likely N-dealkylation sites (tertiary alicyclic amines) is 1. The van der Waals surface area contributed by atoms with Crippen molar-refractivity contribution in [3.63, 3.8) is 0 Å². The molecule has 0 radical (unpaired) electrons. The van der Waals surface area contributed by atoms with Crippen LogP contribution in [0.3, 0.4) is 0 Å². The number of halogens is 2. The minimum atomic E-state index is -0.932. The standard InChI is InChI=1S/C23H25F2N3O3/c24-16-12-15(13-17(25)14-16)19-6-7-20-28(19)21(29)23(31-20)8-10-27(11-9-23)22(30)26-18-4-2-1-3-5-18/h1-5,12-14,19-20,22,26,30H,6-11H2/t19-,20+,22?/m0/s1. The SMILES string of the molecule is O=C1N2[C@@H](CC[C@H]2c2cc(F)cc(F)c2)OC12CCN(C(O)Nc1ccccc1)CC2. The Kier molecular flexibility index (Phi) is 5.16. The summed E-state index contributed by atoms with van der Waals surface area (Å²) in [6.45, 7) is 0.985. The quantitative estimate of drug-likeness (QED) is 0.731. The molecule has 2 aromatic carbocycles. The van der Waals surface area contributed by atoms with Gasteiger partial charge in [-0.25, -0.2) is 8.78 Å². The normalized spacial score (nSPS) is 26.3. The van der Waals surface area contributed by atoms with E-state index in [4.69, 9.17) is 4.74 Å². The number of ether oxygens (including phenoxy) is 1. The lowest BCUT2D eigenvalue weighted by Crippen LogP contribution is -2.54. The average Bonchev–Trinajstić information content (AvgIpc) is 3.27. The number of nitrogens with zero attached hydrogens (tertiary/aromatic N) is 2. The number of aliphatic hydroxyl groups is 1. The predicted octanol–water partition coefficient (Wildman–Crippen LogP) is 3.21. The first kappa shape index (κ1) is 20.4. The van der Waals surface area contributed by atoms with Crippen molar-refractivity contribution in [3.05, 3.63) is 65.7 Å². The summed E-state index contributed by atoms with van der Waals surface area (Å²) in [7, 11) is 0. The van der Waals surface area contributed by atoms with E-state index in [-0.39, 0.29) is 18.2 Å². The molecule has 1 amide bonds. The highest BCUT2D eigenvalue weighted by Gasteiger charge is 2.58. The molecule has 2 N–H and O–H groups in total. The minimum absolute atomic E-state index is 0.116. The van der Waals surface area contributed by atoms with Crippen LogP contribution in [0.1, 0.15) is 37.3 Å². The summed E-state index contributed by atoms with van der Waals surface area (Å²) in [6, 6.07) is 12.5. The first-order valence-electron chi connectivity index (χ1n) is 10.7. The number of anilines is 1. The minimum Gasteiger partial charge on any atom is -0.361 e. The average molecular weight is 429 g/mol. The summed E-state index contributed by atoms with van der Waals surface area (Å²) in [5.74, 6) is -1.40. The molecule has 31 heavy (non-hydrogen) atoms. The van der Waals surface area contributed by atoms with Crippen LogP contribution in [-0.2, 0) is 9.53 Å². The van der Waals surface area contributed by atoms with Crippen LogP contribution >= 0.6 is 0 Å². The molecule has 164 valence electrons. The van der Waals surface area contributed by atoms with Gasteiger partial charge in [-0.05, 0) is 55.5 Å². The second kappa shape index (κ2) is 7.85. The van der Waals surface area contributed by atoms with Gasteiger partial charge in [0.2, 0.25) is 0 Å². The van der Waals surface area contributed by atoms with Crippen molar-refractivity contribution in [3.8, 4) is 0 Å². The summed E-state index contributed by atoms with van der Waals surface area (Å²) in [5, 5.41) is 13.6. The molecule has 0 aliphatic carbocycles. The van der Waals surface area contributed by atoms with Gasteiger partial charge in [0.1, 0.15) is 17.9 Å². The smallest absolute Gasteiger partial charge is 0.257 e. The van der Waals surface area contributed by atoms with E-state index in [9.17, 15) is 18.7 Å². The third kappa shape index (κ3) is 3.69. The number of hydrogen-bond acceptors (Lipinski definition) is 5. The van der Waals surface area contributed by atoms with E-state index in [1.54, 1.807) is 4.90 Å². The van der Waals surface area contributed by atoms with Crippen LogP contribution in [-0.4, -0.2) is 52.1 Å². The molecule has 3 atom stereocenters. The molecule has 0 bridgehead atoms. The molecule has 3 heterocycles. The molecule has 3 aliphatic heterocycles. The molecule has 2 aromatic rings. The maximum absolute atomic E-state index is 13.7. The number of para-hydroxylation sites is 1. The number of fused-ring (bicyclic) bond motifs is 1. The van der Waals surface area contributed by atoms with Crippen molar-refractivity contribution in [2.45, 2.75) is 49.9 Å². The van der Waals surface area contributed by atoms with Crippen molar-refractivity contribution in [1.82, 2.24) is 9.80 Å². The Hall–Kier alpha value is -2.55. The third-order valence-electron chi connectivity index (χ3n) is 6.61. The van der Waals surface area contributed by atoms with Gasteiger partial charge in [-0.2, -0.15) is 0 Å². The zero-order valence-corrected chi connectivity index (χ0v) is 17.0. The molecule has 5 rings (SSSR count). The van der Waals surface area contributed by atoms with Gasteiger partial charge in [0.05, 0.1) is 6.04 Å². The monoisotopic (exact) mass is 429 g/mol. The number of benzene rings is 2. The molecular weight excluding hydrogens is 404 g/mol. The van der Waals surface area contributed by atoms with Gasteiger partial charge in [0, 0.05) is 24.8 Å². The number of nitrogens with one attached hydrogen (secondary N) is 1. The van der Waals surface area contributed by atoms with Gasteiger partial charge in [0.15, 0.2) is 12.0 Å². The van der Waals surface area contributed by atoms with E-state index in [0.29, 0.717) is 44.3 Å². The lowest BCUT2D eigenvalue weighted by molar-refractivity contribution is -0.146. The van der Waals surface area contributed by atoms with E-state index in [0.717, 1.165) is 11.8 Å². The zero-order valence-electron chi connectivity index (χ0n) is 17.0. The first-order chi connectivity index (χ1) is 14.9. The van der Waals surface area contributed by atoms with Crippen molar-refractivity contribution < 1.29 is 23.4 Å². The van der Waals surface area contributed by atoms with Crippen LogP contribution in [0.25, 0.3) is 0 Å². The van der Waals surface area contributed by atoms with Gasteiger partial charge in [-0.3, -0.25) is 9.69 Å². The van der Waals surface area contributed by atoms with E-state index in [1.807, 2.05) is 35.2 Å². The molecule has 0 saturated carbocycles. The highest BCUT2D eigenvalue weighted by atomic mass is 19.1. The number of aliphatic hydroxyl groups excluding tert-OH is 1. The van der Waals surface area contributed by atoms with E-state index < -0.39 is 23.6 Å². The van der Waals surface area contributed by atoms with Crippen molar-refractivity contribution >= 4 is 11.6 Å². The van der Waals surface area contributed by atoms with Gasteiger partial charge < -0.3 is 20.1 Å².